The predicted octanol–water partition coefficient (Wildman–Crippen LogP) is 6.03. The SMILES string of the molecule is CC1CN(c2ccc(Cl)c(Cl)c2)N=C1NC(=O)CCCNC(=O)CCCCCCCCNC(=O)OC(C)(C)C. The average Bonchev–Trinajstić information content (AvgIpc) is 3.21. The minimum atomic E-state index is -0.479. The van der Waals surface area contributed by atoms with Crippen molar-refractivity contribution >= 4 is 52.6 Å². The molecule has 218 valence electrons. The summed E-state index contributed by atoms with van der Waals surface area (Å²) in [5.41, 5.74) is 0.337. The van der Waals surface area contributed by atoms with Crippen molar-refractivity contribution in [2.45, 2.75) is 91.1 Å². The quantitative estimate of drug-likeness (QED) is 0.231. The molecule has 1 aliphatic heterocycles. The van der Waals surface area contributed by atoms with Crippen LogP contribution in [0, 0.1) is 5.92 Å². The molecule has 1 heterocycles. The molecule has 9 nitrogen and oxygen atoms in total. The third-order valence-electron chi connectivity index (χ3n) is 6.01. The molecular weight excluding hydrogens is 541 g/mol. The molecule has 0 saturated heterocycles. The van der Waals surface area contributed by atoms with Crippen LogP contribution >= 0.6 is 23.2 Å². The van der Waals surface area contributed by atoms with Crippen LogP contribution in [0.2, 0.25) is 10.0 Å². The van der Waals surface area contributed by atoms with E-state index < -0.39 is 5.60 Å². The van der Waals surface area contributed by atoms with Crippen molar-refractivity contribution in [3.63, 3.8) is 0 Å². The summed E-state index contributed by atoms with van der Waals surface area (Å²) < 4.78 is 5.20. The normalized spacial score (nSPS) is 15.1. The second-order valence-electron chi connectivity index (χ2n) is 10.9. The van der Waals surface area contributed by atoms with Crippen LogP contribution in [-0.4, -0.2) is 49.0 Å². The molecule has 2 rings (SSSR count). The number of alkyl carbamates (subject to hydrolysis) is 1. The Balaban J connectivity index is 1.49. The lowest BCUT2D eigenvalue weighted by Gasteiger charge is -2.19. The Morgan fingerprint density at radius 1 is 0.923 bits per heavy atom. The molecule has 0 aromatic heterocycles. The van der Waals surface area contributed by atoms with Gasteiger partial charge < -0.3 is 20.7 Å². The Labute approximate surface area is 242 Å². The van der Waals surface area contributed by atoms with Gasteiger partial charge in [-0.2, -0.15) is 5.10 Å². The van der Waals surface area contributed by atoms with Crippen molar-refractivity contribution in [3.05, 3.63) is 28.2 Å². The molecule has 3 N–H and O–H groups in total. The molecule has 1 atom stereocenters. The molecule has 0 saturated carbocycles. The van der Waals surface area contributed by atoms with E-state index in [9.17, 15) is 14.4 Å². The van der Waals surface area contributed by atoms with Crippen LogP contribution in [0.25, 0.3) is 0 Å². The molecule has 0 spiro atoms. The van der Waals surface area contributed by atoms with Gasteiger partial charge in [0.2, 0.25) is 11.8 Å². The van der Waals surface area contributed by atoms with Gasteiger partial charge in [-0.15, -0.1) is 0 Å². The third kappa shape index (κ3) is 13.4. The van der Waals surface area contributed by atoms with Crippen molar-refractivity contribution in [2.24, 2.45) is 11.0 Å². The Kier molecular flexibility index (Phi) is 13.9. The lowest BCUT2D eigenvalue weighted by molar-refractivity contribution is -0.122. The van der Waals surface area contributed by atoms with Gasteiger partial charge in [0.05, 0.1) is 22.3 Å². The number of carbonyl (C=O) groups is 3. The highest BCUT2D eigenvalue weighted by atomic mass is 35.5. The lowest BCUT2D eigenvalue weighted by atomic mass is 10.1. The monoisotopic (exact) mass is 583 g/mol. The molecule has 11 heteroatoms. The molecule has 0 bridgehead atoms. The highest BCUT2D eigenvalue weighted by Gasteiger charge is 2.25. The first-order valence-electron chi connectivity index (χ1n) is 13.8. The van der Waals surface area contributed by atoms with E-state index in [0.717, 1.165) is 44.2 Å². The van der Waals surface area contributed by atoms with Gasteiger partial charge in [0.15, 0.2) is 0 Å². The van der Waals surface area contributed by atoms with Crippen LogP contribution in [0.15, 0.2) is 23.3 Å². The second kappa shape index (κ2) is 16.6. The van der Waals surface area contributed by atoms with E-state index in [-0.39, 0.29) is 23.8 Å². The number of halogens is 2. The number of hydrazone groups is 1. The van der Waals surface area contributed by atoms with Crippen LogP contribution in [0.5, 0.6) is 0 Å². The maximum absolute atomic E-state index is 12.4. The third-order valence-corrected chi connectivity index (χ3v) is 6.75. The molecule has 39 heavy (non-hydrogen) atoms. The Bertz CT molecular complexity index is 997. The van der Waals surface area contributed by atoms with E-state index in [1.807, 2.05) is 33.8 Å². The number of hydrogen-bond acceptors (Lipinski definition) is 6. The fourth-order valence-electron chi connectivity index (χ4n) is 3.97. The number of anilines is 1. The summed E-state index contributed by atoms with van der Waals surface area (Å²) in [6.45, 7) is 9.24. The maximum Gasteiger partial charge on any atom is 0.407 e. The Morgan fingerprint density at radius 3 is 2.26 bits per heavy atom. The summed E-state index contributed by atoms with van der Waals surface area (Å²) in [6, 6.07) is 5.32. The molecule has 0 radical (unpaired) electrons. The standard InChI is InChI=1S/C28H43Cl2N5O4/c1-20-19-35(21-14-15-22(29)23(30)18-21)34-26(20)33-25(37)13-11-17-31-24(36)12-9-7-5-6-8-10-16-32-27(38)39-28(2,3)4/h14-15,18,20H,5-13,16-17,19H2,1-4H3,(H,31,36)(H,32,38)(H,33,34,37). The summed E-state index contributed by atoms with van der Waals surface area (Å²) in [5.74, 6) is 0.585. The summed E-state index contributed by atoms with van der Waals surface area (Å²) in [4.78, 5) is 36.0. The summed E-state index contributed by atoms with van der Waals surface area (Å²) in [7, 11) is 0. The number of nitrogens with zero attached hydrogens (tertiary/aromatic N) is 2. The fraction of sp³-hybridized carbons (Fsp3) is 0.643. The van der Waals surface area contributed by atoms with Crippen LogP contribution in [0.3, 0.4) is 0 Å². The largest absolute Gasteiger partial charge is 0.444 e. The molecule has 1 unspecified atom stereocenters. The molecule has 1 aromatic rings. The topological polar surface area (TPSA) is 112 Å². The average molecular weight is 585 g/mol. The zero-order valence-corrected chi connectivity index (χ0v) is 25.1. The first-order chi connectivity index (χ1) is 18.4. The Hall–Kier alpha value is -2.52. The van der Waals surface area contributed by atoms with Crippen LogP contribution in [0.4, 0.5) is 10.5 Å². The minimum Gasteiger partial charge on any atom is -0.444 e. The van der Waals surface area contributed by atoms with Crippen LogP contribution < -0.4 is 21.0 Å². The van der Waals surface area contributed by atoms with Gasteiger partial charge in [0.25, 0.3) is 0 Å². The summed E-state index contributed by atoms with van der Waals surface area (Å²) >= 11 is 12.1. The zero-order valence-electron chi connectivity index (χ0n) is 23.6. The van der Waals surface area contributed by atoms with Gasteiger partial charge in [-0.05, 0) is 58.2 Å². The first-order valence-corrected chi connectivity index (χ1v) is 14.5. The van der Waals surface area contributed by atoms with Crippen molar-refractivity contribution in [3.8, 4) is 0 Å². The number of rotatable bonds is 14. The van der Waals surface area contributed by atoms with E-state index in [4.69, 9.17) is 27.9 Å². The maximum atomic E-state index is 12.4. The second-order valence-corrected chi connectivity index (χ2v) is 11.7. The molecule has 1 aromatic carbocycles. The fourth-order valence-corrected chi connectivity index (χ4v) is 4.26. The van der Waals surface area contributed by atoms with Gasteiger partial charge in [-0.25, -0.2) is 4.79 Å². The van der Waals surface area contributed by atoms with Gasteiger partial charge >= 0.3 is 6.09 Å². The molecule has 1 aliphatic rings. The number of amidine groups is 1. The Morgan fingerprint density at radius 2 is 1.56 bits per heavy atom. The van der Waals surface area contributed by atoms with Crippen LogP contribution in [-0.2, 0) is 14.3 Å². The number of unbranched alkanes of at least 4 members (excludes halogenated alkanes) is 5. The number of hydrogen-bond donors (Lipinski definition) is 3. The smallest absolute Gasteiger partial charge is 0.407 e. The molecule has 3 amide bonds. The molecular formula is C28H43Cl2N5O4. The number of nitrogens with one attached hydrogen (secondary N) is 3. The van der Waals surface area contributed by atoms with Crippen LogP contribution in [0.1, 0.15) is 85.5 Å². The highest BCUT2D eigenvalue weighted by molar-refractivity contribution is 6.42. The van der Waals surface area contributed by atoms with E-state index >= 15 is 0 Å². The predicted molar refractivity (Wildman–Crippen MR) is 157 cm³/mol. The van der Waals surface area contributed by atoms with Gasteiger partial charge in [-0.3, -0.25) is 14.6 Å². The highest BCUT2D eigenvalue weighted by Crippen LogP contribution is 2.29. The number of amides is 3. The van der Waals surface area contributed by atoms with Gasteiger partial charge in [0.1, 0.15) is 11.4 Å². The van der Waals surface area contributed by atoms with Crippen molar-refractivity contribution in [2.75, 3.05) is 24.6 Å². The van der Waals surface area contributed by atoms with E-state index in [1.54, 1.807) is 17.1 Å². The number of benzene rings is 1. The van der Waals surface area contributed by atoms with Gasteiger partial charge in [-0.1, -0.05) is 55.8 Å². The minimum absolute atomic E-state index is 0.0167. The lowest BCUT2D eigenvalue weighted by Crippen LogP contribution is -2.34. The number of carbonyl (C=O) groups excluding carboxylic acids is 3. The first kappa shape index (κ1) is 32.7. The molecule has 0 fully saturated rings. The van der Waals surface area contributed by atoms with E-state index in [0.29, 0.717) is 54.8 Å². The van der Waals surface area contributed by atoms with E-state index in [1.165, 1.54) is 0 Å². The summed E-state index contributed by atoms with van der Waals surface area (Å²) in [6.07, 6.45) is 6.90. The molecule has 0 aliphatic carbocycles. The number of ether oxygens (including phenoxy) is 1. The van der Waals surface area contributed by atoms with Crippen molar-refractivity contribution < 1.29 is 19.1 Å². The summed E-state index contributed by atoms with van der Waals surface area (Å²) in [5, 5.41) is 15.8. The van der Waals surface area contributed by atoms with Crippen molar-refractivity contribution in [1.29, 1.82) is 0 Å². The van der Waals surface area contributed by atoms with Gasteiger partial charge in [0, 0.05) is 31.8 Å². The zero-order chi connectivity index (χ0) is 28.8. The van der Waals surface area contributed by atoms with E-state index in [2.05, 4.69) is 21.1 Å². The van der Waals surface area contributed by atoms with Crippen molar-refractivity contribution in [1.82, 2.24) is 16.0 Å².